The van der Waals surface area contributed by atoms with Crippen LogP contribution in [0.25, 0.3) is 0 Å². The molecule has 3 nitrogen and oxygen atoms in total. The number of carboxylic acids is 1. The average Bonchev–Trinajstić information content (AvgIpc) is 1.91. The molecule has 0 saturated carbocycles. The van der Waals surface area contributed by atoms with E-state index >= 15 is 0 Å². The summed E-state index contributed by atoms with van der Waals surface area (Å²) in [7, 11) is 0. The second-order valence-electron chi connectivity index (χ2n) is 1.04. The van der Waals surface area contributed by atoms with Gasteiger partial charge in [0.15, 0.2) is 0 Å². The second-order valence-corrected chi connectivity index (χ2v) is 1.04. The highest BCUT2D eigenvalue weighted by Gasteiger charge is 2.10. The number of hydrogen-bond donors (Lipinski definition) is 2. The van der Waals surface area contributed by atoms with Gasteiger partial charge in [-0.05, 0) is 0 Å². The van der Waals surface area contributed by atoms with Crippen LogP contribution in [0.4, 0.5) is 4.39 Å². The van der Waals surface area contributed by atoms with E-state index in [1.165, 1.54) is 6.38 Å². The topological polar surface area (TPSA) is 63.3 Å². The third kappa shape index (κ3) is 7.65. The van der Waals surface area contributed by atoms with E-state index in [0.717, 1.165) is 0 Å². The molecule has 0 radical (unpaired) electrons. The lowest BCUT2D eigenvalue weighted by molar-refractivity contribution is -0.142. The Labute approximate surface area is 57.6 Å². The molecule has 0 fully saturated rings. The molecule has 0 amide bonds. The van der Waals surface area contributed by atoms with Crippen LogP contribution < -0.4 is 5.73 Å². The maximum Gasteiger partial charge on any atom is 0.339 e. The smallest absolute Gasteiger partial charge is 0.339 e. The Kier molecular flexibility index (Phi) is 9.73. The van der Waals surface area contributed by atoms with E-state index in [-0.39, 0.29) is 0 Å². The first kappa shape index (κ1) is 11.4. The van der Waals surface area contributed by atoms with Crippen molar-refractivity contribution in [3.63, 3.8) is 0 Å². The van der Waals surface area contributed by atoms with E-state index in [2.05, 4.69) is 17.3 Å². The van der Waals surface area contributed by atoms with Gasteiger partial charge in [-0.1, -0.05) is 0 Å². The van der Waals surface area contributed by atoms with E-state index in [1.54, 1.807) is 0 Å². The van der Waals surface area contributed by atoms with Crippen LogP contribution in [-0.4, -0.2) is 30.2 Å². The SMILES string of the molecule is CCl.NC[C@@H](F)C(=O)O. The molecule has 56 valence electrons. The Balaban J connectivity index is 0. The van der Waals surface area contributed by atoms with Gasteiger partial charge in [0.05, 0.1) is 0 Å². The molecule has 1 atom stereocenters. The van der Waals surface area contributed by atoms with E-state index in [0.29, 0.717) is 0 Å². The molecule has 0 aliphatic carbocycles. The van der Waals surface area contributed by atoms with Crippen molar-refractivity contribution in [1.82, 2.24) is 0 Å². The van der Waals surface area contributed by atoms with Crippen LogP contribution in [0.3, 0.4) is 0 Å². The molecule has 0 bridgehead atoms. The molecule has 9 heavy (non-hydrogen) atoms. The summed E-state index contributed by atoms with van der Waals surface area (Å²) < 4.78 is 11.5. The van der Waals surface area contributed by atoms with Gasteiger partial charge in [-0.2, -0.15) is 0 Å². The number of rotatable bonds is 2. The molecule has 0 aromatic heterocycles. The van der Waals surface area contributed by atoms with Gasteiger partial charge in [0.1, 0.15) is 0 Å². The molecule has 0 rings (SSSR count). The zero-order valence-corrected chi connectivity index (χ0v) is 5.73. The predicted molar refractivity (Wildman–Crippen MR) is 33.4 cm³/mol. The molecular weight excluding hydrogens is 148 g/mol. The Morgan fingerprint density at radius 1 is 1.89 bits per heavy atom. The van der Waals surface area contributed by atoms with Gasteiger partial charge in [-0.15, -0.1) is 11.6 Å². The summed E-state index contributed by atoms with van der Waals surface area (Å²) in [6.45, 7) is -0.449. The number of nitrogens with two attached hydrogens (primary N) is 1. The second kappa shape index (κ2) is 7.65. The zero-order valence-electron chi connectivity index (χ0n) is 4.97. The fourth-order valence-electron chi connectivity index (χ4n) is 0.101. The first-order valence-corrected chi connectivity index (χ1v) is 2.89. The van der Waals surface area contributed by atoms with Crippen molar-refractivity contribution in [2.75, 3.05) is 12.9 Å². The van der Waals surface area contributed by atoms with E-state index in [1.807, 2.05) is 0 Å². The fourth-order valence-corrected chi connectivity index (χ4v) is 0.101. The van der Waals surface area contributed by atoms with Gasteiger partial charge in [0.25, 0.3) is 0 Å². The summed E-state index contributed by atoms with van der Waals surface area (Å²) in [5, 5.41) is 7.73. The molecule has 3 N–H and O–H groups in total. The predicted octanol–water partition coefficient (Wildman–Crippen LogP) is 0.223. The quantitative estimate of drug-likeness (QED) is 0.564. The molecule has 0 saturated heterocycles. The lowest BCUT2D eigenvalue weighted by atomic mass is 10.4. The molecule has 0 spiro atoms. The summed E-state index contributed by atoms with van der Waals surface area (Å²) in [6, 6.07) is 0. The van der Waals surface area contributed by atoms with Crippen LogP contribution in [0.5, 0.6) is 0 Å². The van der Waals surface area contributed by atoms with Crippen LogP contribution in [0.1, 0.15) is 0 Å². The first-order valence-electron chi connectivity index (χ1n) is 2.13. The number of carbonyl (C=O) groups is 1. The minimum Gasteiger partial charge on any atom is -0.479 e. The summed E-state index contributed by atoms with van der Waals surface area (Å²) in [4.78, 5) is 9.48. The minimum atomic E-state index is -1.90. The lowest BCUT2D eigenvalue weighted by Gasteiger charge is -1.92. The van der Waals surface area contributed by atoms with Gasteiger partial charge < -0.3 is 10.8 Å². The summed E-state index contributed by atoms with van der Waals surface area (Å²) >= 11 is 4.64. The molecule has 0 unspecified atom stereocenters. The van der Waals surface area contributed by atoms with E-state index in [9.17, 15) is 9.18 Å². The van der Waals surface area contributed by atoms with Crippen molar-refractivity contribution >= 4 is 17.6 Å². The molecule has 0 aromatic carbocycles. The molecular formula is C4H9ClFNO2. The summed E-state index contributed by atoms with van der Waals surface area (Å²) in [5.74, 6) is -1.50. The molecule has 0 aliphatic heterocycles. The van der Waals surface area contributed by atoms with Crippen molar-refractivity contribution in [1.29, 1.82) is 0 Å². The Hall–Kier alpha value is -0.350. The third-order valence-corrected chi connectivity index (χ3v) is 0.475. The highest BCUT2D eigenvalue weighted by atomic mass is 35.5. The normalized spacial score (nSPS) is 11.1. The van der Waals surface area contributed by atoms with Gasteiger partial charge in [-0.25, -0.2) is 9.18 Å². The summed E-state index contributed by atoms with van der Waals surface area (Å²) in [6.07, 6.45) is -0.431. The zero-order chi connectivity index (χ0) is 7.86. The number of hydrogen-bond acceptors (Lipinski definition) is 2. The monoisotopic (exact) mass is 157 g/mol. The lowest BCUT2D eigenvalue weighted by Crippen LogP contribution is -2.24. The van der Waals surface area contributed by atoms with Crippen LogP contribution in [-0.2, 0) is 4.79 Å². The molecule has 0 aliphatic rings. The van der Waals surface area contributed by atoms with Crippen molar-refractivity contribution in [3.05, 3.63) is 0 Å². The van der Waals surface area contributed by atoms with Crippen molar-refractivity contribution < 1.29 is 14.3 Å². The highest BCUT2D eigenvalue weighted by molar-refractivity contribution is 6.15. The molecule has 5 heteroatoms. The third-order valence-electron chi connectivity index (χ3n) is 0.475. The van der Waals surface area contributed by atoms with Gasteiger partial charge in [0, 0.05) is 12.9 Å². The summed E-state index contributed by atoms with van der Waals surface area (Å²) in [5.41, 5.74) is 4.62. The minimum absolute atomic E-state index is 0.449. The Morgan fingerprint density at radius 2 is 2.22 bits per heavy atom. The molecule has 0 heterocycles. The highest BCUT2D eigenvalue weighted by Crippen LogP contribution is 1.83. The van der Waals surface area contributed by atoms with Crippen molar-refractivity contribution in [2.24, 2.45) is 5.73 Å². The fraction of sp³-hybridized carbons (Fsp3) is 0.750. The Bertz CT molecular complexity index is 81.0. The van der Waals surface area contributed by atoms with Crippen LogP contribution in [0.2, 0.25) is 0 Å². The van der Waals surface area contributed by atoms with E-state index < -0.39 is 18.7 Å². The average molecular weight is 158 g/mol. The number of halogens is 2. The van der Waals surface area contributed by atoms with Crippen LogP contribution >= 0.6 is 11.6 Å². The maximum absolute atomic E-state index is 11.5. The van der Waals surface area contributed by atoms with Crippen molar-refractivity contribution in [2.45, 2.75) is 6.17 Å². The van der Waals surface area contributed by atoms with Crippen molar-refractivity contribution in [3.8, 4) is 0 Å². The number of alkyl halides is 2. The molecule has 0 aromatic rings. The van der Waals surface area contributed by atoms with Crippen LogP contribution in [0.15, 0.2) is 0 Å². The van der Waals surface area contributed by atoms with Gasteiger partial charge in [-0.3, -0.25) is 0 Å². The first-order chi connectivity index (χ1) is 4.18. The van der Waals surface area contributed by atoms with Crippen LogP contribution in [0, 0.1) is 0 Å². The number of aliphatic carboxylic acids is 1. The van der Waals surface area contributed by atoms with E-state index in [4.69, 9.17) is 5.11 Å². The van der Waals surface area contributed by atoms with Gasteiger partial charge in [0.2, 0.25) is 6.17 Å². The standard InChI is InChI=1S/C3H6FNO2.CH3Cl/c4-2(1-5)3(6)7;1-2/h2H,1,5H2,(H,6,7);1H3/t2-;/m1./s1. The maximum atomic E-state index is 11.5. The van der Waals surface area contributed by atoms with Gasteiger partial charge >= 0.3 is 5.97 Å². The number of carboxylic acid groups (broad SMARTS) is 1. The largest absolute Gasteiger partial charge is 0.479 e. The Morgan fingerprint density at radius 3 is 2.22 bits per heavy atom.